The highest BCUT2D eigenvalue weighted by atomic mass is 16.3. The maximum Gasteiger partial charge on any atom is 0.0792 e. The molecule has 1 nitrogen and oxygen atoms in total. The molecule has 0 aromatic heterocycles. The highest BCUT2D eigenvalue weighted by Gasteiger charge is 2.12. The molecule has 2 unspecified atom stereocenters. The van der Waals surface area contributed by atoms with Gasteiger partial charge in [0, 0.05) is 0 Å². The first kappa shape index (κ1) is 13.2. The van der Waals surface area contributed by atoms with E-state index in [-0.39, 0.29) is 6.10 Å². The molecule has 0 saturated heterocycles. The molecule has 0 spiro atoms. The second-order valence-corrected chi connectivity index (χ2v) is 5.07. The van der Waals surface area contributed by atoms with Gasteiger partial charge in [-0.3, -0.25) is 0 Å². The van der Waals surface area contributed by atoms with Crippen LogP contribution in [0.4, 0.5) is 0 Å². The van der Waals surface area contributed by atoms with Crippen molar-refractivity contribution in [1.29, 1.82) is 0 Å². The Hall–Kier alpha value is -0.820. The molecule has 0 aliphatic heterocycles. The summed E-state index contributed by atoms with van der Waals surface area (Å²) in [5.41, 5.74) is 3.54. The van der Waals surface area contributed by atoms with Crippen LogP contribution < -0.4 is 0 Å². The first-order valence-electron chi connectivity index (χ1n) is 6.29. The van der Waals surface area contributed by atoms with E-state index in [1.807, 2.05) is 0 Å². The van der Waals surface area contributed by atoms with Crippen molar-refractivity contribution in [2.24, 2.45) is 5.92 Å². The molecule has 16 heavy (non-hydrogen) atoms. The Balaban J connectivity index is 2.68. The second-order valence-electron chi connectivity index (χ2n) is 5.07. The van der Waals surface area contributed by atoms with Crippen molar-refractivity contribution in [1.82, 2.24) is 0 Å². The van der Waals surface area contributed by atoms with Crippen molar-refractivity contribution in [3.05, 3.63) is 34.9 Å². The monoisotopic (exact) mass is 220 g/mol. The summed E-state index contributed by atoms with van der Waals surface area (Å²) in [5, 5.41) is 10.2. The molecule has 0 fully saturated rings. The summed E-state index contributed by atoms with van der Waals surface area (Å²) < 4.78 is 0. The Kier molecular flexibility index (Phi) is 5.01. The van der Waals surface area contributed by atoms with Gasteiger partial charge >= 0.3 is 0 Å². The Morgan fingerprint density at radius 1 is 1.12 bits per heavy atom. The quantitative estimate of drug-likeness (QED) is 0.790. The van der Waals surface area contributed by atoms with Crippen molar-refractivity contribution in [2.75, 3.05) is 0 Å². The van der Waals surface area contributed by atoms with E-state index in [9.17, 15) is 5.11 Å². The van der Waals surface area contributed by atoms with Crippen LogP contribution in [0.3, 0.4) is 0 Å². The number of hydrogen-bond donors (Lipinski definition) is 1. The highest BCUT2D eigenvalue weighted by Crippen LogP contribution is 2.25. The summed E-state index contributed by atoms with van der Waals surface area (Å²) in [4.78, 5) is 0. The molecule has 1 rings (SSSR count). The number of benzene rings is 1. The average Bonchev–Trinajstić information content (AvgIpc) is 2.16. The molecule has 0 bridgehead atoms. The van der Waals surface area contributed by atoms with Gasteiger partial charge in [-0.15, -0.1) is 0 Å². The number of aryl methyl sites for hydroxylation is 2. The van der Waals surface area contributed by atoms with E-state index >= 15 is 0 Å². The van der Waals surface area contributed by atoms with Crippen LogP contribution in [-0.4, -0.2) is 5.11 Å². The normalized spacial score (nSPS) is 14.8. The van der Waals surface area contributed by atoms with E-state index in [2.05, 4.69) is 45.9 Å². The molecule has 0 aliphatic carbocycles. The fourth-order valence-electron chi connectivity index (χ4n) is 2.33. The first-order valence-corrected chi connectivity index (χ1v) is 6.29. The van der Waals surface area contributed by atoms with Crippen LogP contribution in [-0.2, 0) is 0 Å². The summed E-state index contributed by atoms with van der Waals surface area (Å²) in [7, 11) is 0. The van der Waals surface area contributed by atoms with Crippen LogP contribution in [0.2, 0.25) is 0 Å². The van der Waals surface area contributed by atoms with Gasteiger partial charge in [0.2, 0.25) is 0 Å². The van der Waals surface area contributed by atoms with Crippen LogP contribution in [0.1, 0.15) is 55.9 Å². The van der Waals surface area contributed by atoms with Crippen molar-refractivity contribution >= 4 is 0 Å². The molecular weight excluding hydrogens is 196 g/mol. The molecule has 2 atom stereocenters. The third-order valence-electron chi connectivity index (χ3n) is 3.04. The van der Waals surface area contributed by atoms with E-state index in [4.69, 9.17) is 0 Å². The van der Waals surface area contributed by atoms with Crippen LogP contribution in [0.5, 0.6) is 0 Å². The van der Waals surface area contributed by atoms with Crippen molar-refractivity contribution < 1.29 is 5.11 Å². The first-order chi connectivity index (χ1) is 7.52. The third kappa shape index (κ3) is 3.97. The van der Waals surface area contributed by atoms with E-state index < -0.39 is 0 Å². The Morgan fingerprint density at radius 3 is 2.19 bits per heavy atom. The van der Waals surface area contributed by atoms with Gasteiger partial charge in [0.05, 0.1) is 6.10 Å². The standard InChI is InChI=1S/C15H24O/c1-5-6-11(2)10-15(16)14-8-12(3)7-13(4)9-14/h7-9,11,15-16H,5-6,10H2,1-4H3. The molecule has 0 radical (unpaired) electrons. The van der Waals surface area contributed by atoms with Gasteiger partial charge in [0.15, 0.2) is 0 Å². The molecule has 0 saturated carbocycles. The molecule has 0 aliphatic rings. The lowest BCUT2D eigenvalue weighted by atomic mass is 9.93. The van der Waals surface area contributed by atoms with Crippen molar-refractivity contribution in [3.8, 4) is 0 Å². The summed E-state index contributed by atoms with van der Waals surface area (Å²) in [6.07, 6.45) is 2.96. The zero-order chi connectivity index (χ0) is 12.1. The zero-order valence-electron chi connectivity index (χ0n) is 11.0. The molecule has 0 amide bonds. The van der Waals surface area contributed by atoms with Gasteiger partial charge < -0.3 is 5.11 Å². The SMILES string of the molecule is CCCC(C)CC(O)c1cc(C)cc(C)c1. The van der Waals surface area contributed by atoms with Gasteiger partial charge in [-0.1, -0.05) is 56.0 Å². The highest BCUT2D eigenvalue weighted by molar-refractivity contribution is 5.29. The second kappa shape index (κ2) is 6.05. The van der Waals surface area contributed by atoms with Crippen LogP contribution in [0.25, 0.3) is 0 Å². The molecule has 1 aromatic carbocycles. The lowest BCUT2D eigenvalue weighted by molar-refractivity contribution is 0.145. The molecule has 1 N–H and O–H groups in total. The lowest BCUT2D eigenvalue weighted by Crippen LogP contribution is -2.05. The minimum Gasteiger partial charge on any atom is -0.388 e. The number of rotatable bonds is 5. The minimum atomic E-state index is -0.305. The Labute approximate surface area is 99.5 Å². The van der Waals surface area contributed by atoms with Gasteiger partial charge in [-0.25, -0.2) is 0 Å². The molecule has 1 aromatic rings. The van der Waals surface area contributed by atoms with E-state index in [1.165, 1.54) is 24.0 Å². The third-order valence-corrected chi connectivity index (χ3v) is 3.04. The number of aliphatic hydroxyl groups is 1. The van der Waals surface area contributed by atoms with E-state index in [0.717, 1.165) is 12.0 Å². The van der Waals surface area contributed by atoms with Crippen LogP contribution in [0.15, 0.2) is 18.2 Å². The molecule has 1 heteroatoms. The van der Waals surface area contributed by atoms with Gasteiger partial charge in [0.25, 0.3) is 0 Å². The molecule has 0 heterocycles. The Bertz CT molecular complexity index is 310. The predicted molar refractivity (Wildman–Crippen MR) is 69.6 cm³/mol. The van der Waals surface area contributed by atoms with Gasteiger partial charge in [0.1, 0.15) is 0 Å². The van der Waals surface area contributed by atoms with Crippen molar-refractivity contribution in [2.45, 2.75) is 53.1 Å². The van der Waals surface area contributed by atoms with Crippen LogP contribution in [0, 0.1) is 19.8 Å². The van der Waals surface area contributed by atoms with Crippen molar-refractivity contribution in [3.63, 3.8) is 0 Å². The molecule has 90 valence electrons. The van der Waals surface area contributed by atoms with E-state index in [0.29, 0.717) is 5.92 Å². The summed E-state index contributed by atoms with van der Waals surface area (Å²) in [6.45, 7) is 8.58. The smallest absolute Gasteiger partial charge is 0.0792 e. The predicted octanol–water partition coefficient (Wildman–Crippen LogP) is 4.16. The maximum absolute atomic E-state index is 10.2. The van der Waals surface area contributed by atoms with E-state index in [1.54, 1.807) is 0 Å². The Morgan fingerprint density at radius 2 is 1.69 bits per heavy atom. The van der Waals surface area contributed by atoms with Crippen LogP contribution >= 0.6 is 0 Å². The number of hydrogen-bond acceptors (Lipinski definition) is 1. The summed E-state index contributed by atoms with van der Waals surface area (Å²) in [6, 6.07) is 6.33. The van der Waals surface area contributed by atoms with Gasteiger partial charge in [-0.05, 0) is 31.7 Å². The summed E-state index contributed by atoms with van der Waals surface area (Å²) in [5.74, 6) is 0.598. The number of aliphatic hydroxyl groups excluding tert-OH is 1. The summed E-state index contributed by atoms with van der Waals surface area (Å²) >= 11 is 0. The lowest BCUT2D eigenvalue weighted by Gasteiger charge is -2.17. The zero-order valence-corrected chi connectivity index (χ0v) is 11.0. The largest absolute Gasteiger partial charge is 0.388 e. The maximum atomic E-state index is 10.2. The minimum absolute atomic E-state index is 0.305. The average molecular weight is 220 g/mol. The fraction of sp³-hybridized carbons (Fsp3) is 0.600. The van der Waals surface area contributed by atoms with Gasteiger partial charge in [-0.2, -0.15) is 0 Å². The topological polar surface area (TPSA) is 20.2 Å². The fourth-order valence-corrected chi connectivity index (χ4v) is 2.33. The molecular formula is C15H24O.